The molecule has 6 nitrogen and oxygen atoms in total. The topological polar surface area (TPSA) is 55.4 Å². The minimum absolute atomic E-state index is 0.570. The summed E-state index contributed by atoms with van der Waals surface area (Å²) in [6.07, 6.45) is 0. The molecule has 20 heavy (non-hydrogen) atoms. The van der Waals surface area contributed by atoms with Crippen LogP contribution in [0, 0.1) is 0 Å². The van der Waals surface area contributed by atoms with Crippen LogP contribution in [0.25, 0.3) is 0 Å². The van der Waals surface area contributed by atoms with Crippen molar-refractivity contribution >= 4 is 28.0 Å². The predicted octanol–water partition coefficient (Wildman–Crippen LogP) is 2.14. The van der Waals surface area contributed by atoms with Gasteiger partial charge < -0.3 is 26.6 Å². The molecule has 0 aromatic carbocycles. The Morgan fingerprint density at radius 1 is 0.750 bits per heavy atom. The van der Waals surface area contributed by atoms with E-state index in [9.17, 15) is 0 Å². The molecule has 0 N–H and O–H groups in total. The zero-order valence-corrected chi connectivity index (χ0v) is 16.2. The lowest BCUT2D eigenvalue weighted by molar-refractivity contribution is 0.0966. The van der Waals surface area contributed by atoms with Crippen molar-refractivity contribution in [3.63, 3.8) is 0 Å². The summed E-state index contributed by atoms with van der Waals surface area (Å²) in [6, 6.07) is 0.684. The average Bonchev–Trinajstić information content (AvgIpc) is 2.45. The molecule has 0 rings (SSSR count). The van der Waals surface area contributed by atoms with Crippen LogP contribution in [-0.4, -0.2) is 63.7 Å². The highest BCUT2D eigenvalue weighted by Crippen LogP contribution is 2.28. The van der Waals surface area contributed by atoms with Crippen LogP contribution in [0.15, 0.2) is 0 Å². The van der Waals surface area contributed by atoms with E-state index in [1.54, 1.807) is 32.5 Å². The third-order valence-electron chi connectivity index (χ3n) is 2.58. The molecule has 0 aliphatic carbocycles. The van der Waals surface area contributed by atoms with Crippen LogP contribution in [0.5, 0.6) is 0 Å². The van der Waals surface area contributed by atoms with E-state index in [1.807, 2.05) is 20.8 Å². The molecule has 0 aliphatic heterocycles. The molecule has 9 heteroatoms. The first kappa shape index (κ1) is 20.5. The lowest BCUT2D eigenvalue weighted by Crippen LogP contribution is -2.46. The van der Waals surface area contributed by atoms with Crippen LogP contribution < -0.4 is 0 Å². The maximum absolute atomic E-state index is 5.78. The molecule has 0 saturated heterocycles. The van der Waals surface area contributed by atoms with Gasteiger partial charge in [-0.3, -0.25) is 0 Å². The molecule has 0 spiro atoms. The largest absolute Gasteiger partial charge is 0.573 e. The van der Waals surface area contributed by atoms with Crippen LogP contribution in [0.4, 0.5) is 0 Å². The lowest BCUT2D eigenvalue weighted by atomic mass is 10.9. The molecule has 0 bridgehead atoms. The van der Waals surface area contributed by atoms with Gasteiger partial charge in [-0.25, -0.2) is 0 Å². The van der Waals surface area contributed by atoms with Crippen molar-refractivity contribution in [1.82, 2.24) is 0 Å². The summed E-state index contributed by atoms with van der Waals surface area (Å²) in [5, 5.41) is 0. The second-order valence-corrected chi connectivity index (χ2v) is 11.7. The molecule has 0 radical (unpaired) electrons. The molecule has 0 unspecified atom stereocenters. The molecule has 0 amide bonds. The highest BCUT2D eigenvalue weighted by atomic mass is 32.4. The summed E-state index contributed by atoms with van der Waals surface area (Å²) >= 11 is 1.58. The van der Waals surface area contributed by atoms with E-state index in [0.29, 0.717) is 25.9 Å². The van der Waals surface area contributed by atoms with E-state index >= 15 is 0 Å². The third-order valence-corrected chi connectivity index (χ3v) is 11.1. The quantitative estimate of drug-likeness (QED) is 0.474. The first-order valence-electron chi connectivity index (χ1n) is 6.78. The van der Waals surface area contributed by atoms with E-state index in [0.717, 1.165) is 5.75 Å². The van der Waals surface area contributed by atoms with Gasteiger partial charge in [-0.1, -0.05) is 11.2 Å². The van der Waals surface area contributed by atoms with Crippen molar-refractivity contribution < 1.29 is 26.6 Å². The van der Waals surface area contributed by atoms with Gasteiger partial charge in [-0.2, -0.15) is 0 Å². The second-order valence-electron chi connectivity index (χ2n) is 3.69. The Kier molecular flexibility index (Phi) is 11.5. The van der Waals surface area contributed by atoms with Crippen molar-refractivity contribution in [2.75, 3.05) is 46.9 Å². The Morgan fingerprint density at radius 3 is 1.45 bits per heavy atom. The molecule has 122 valence electrons. The van der Waals surface area contributed by atoms with Crippen LogP contribution >= 0.6 is 11.2 Å². The van der Waals surface area contributed by atoms with Gasteiger partial charge in [0, 0.05) is 47.2 Å². The standard InChI is InChI=1S/C11H28O6SSi2/c1-7-15-20(16-8-2,17-9-3)18-10-11-19(12-4,13-5)14-6/h7-11H2,1-6H3. The van der Waals surface area contributed by atoms with Crippen LogP contribution in [0.2, 0.25) is 6.04 Å². The third kappa shape index (κ3) is 6.54. The smallest absolute Gasteiger partial charge is 0.377 e. The van der Waals surface area contributed by atoms with Crippen LogP contribution in [0.1, 0.15) is 20.8 Å². The van der Waals surface area contributed by atoms with E-state index in [4.69, 9.17) is 26.6 Å². The Bertz CT molecular complexity index is 218. The Hall–Kier alpha value is 0.544. The van der Waals surface area contributed by atoms with E-state index < -0.39 is 16.8 Å². The van der Waals surface area contributed by atoms with E-state index in [2.05, 4.69) is 0 Å². The Morgan fingerprint density at radius 2 is 1.15 bits per heavy atom. The summed E-state index contributed by atoms with van der Waals surface area (Å²) in [5.41, 5.74) is 0. The first-order valence-corrected chi connectivity index (χ1v) is 12.2. The van der Waals surface area contributed by atoms with Crippen molar-refractivity contribution in [2.45, 2.75) is 26.8 Å². The summed E-state index contributed by atoms with van der Waals surface area (Å²) in [7, 11) is -0.373. The average molecular weight is 345 g/mol. The van der Waals surface area contributed by atoms with Crippen molar-refractivity contribution in [1.29, 1.82) is 0 Å². The van der Waals surface area contributed by atoms with Gasteiger partial charge in [-0.05, 0) is 26.5 Å². The van der Waals surface area contributed by atoms with Gasteiger partial charge in [0.15, 0.2) is 0 Å². The lowest BCUT2D eigenvalue weighted by Gasteiger charge is -2.29. The van der Waals surface area contributed by atoms with Gasteiger partial charge >= 0.3 is 16.8 Å². The molecule has 0 heterocycles. The summed E-state index contributed by atoms with van der Waals surface area (Å²) in [6.45, 7) is 7.54. The highest BCUT2D eigenvalue weighted by Gasteiger charge is 2.44. The van der Waals surface area contributed by atoms with Crippen LogP contribution in [-0.2, 0) is 26.6 Å². The normalized spacial score (nSPS) is 12.9. The maximum Gasteiger partial charge on any atom is 0.573 e. The number of rotatable bonds is 13. The first-order chi connectivity index (χ1) is 9.57. The van der Waals surface area contributed by atoms with Gasteiger partial charge in [0.05, 0.1) is 0 Å². The molecule has 0 fully saturated rings. The molecule has 0 atom stereocenters. The fourth-order valence-corrected chi connectivity index (χ4v) is 9.45. The predicted molar refractivity (Wildman–Crippen MR) is 84.7 cm³/mol. The van der Waals surface area contributed by atoms with E-state index in [-0.39, 0.29) is 0 Å². The summed E-state index contributed by atoms with van der Waals surface area (Å²) in [5.74, 6) is 0.744. The van der Waals surface area contributed by atoms with Gasteiger partial charge in [0.2, 0.25) is 0 Å². The monoisotopic (exact) mass is 344 g/mol. The Labute approximate surface area is 128 Å². The minimum Gasteiger partial charge on any atom is -0.377 e. The molecular formula is C11H28O6SSi2. The van der Waals surface area contributed by atoms with Gasteiger partial charge in [0.1, 0.15) is 0 Å². The molecule has 0 aromatic rings. The molecule has 0 aliphatic rings. The fraction of sp³-hybridized carbons (Fsp3) is 1.00. The summed E-state index contributed by atoms with van der Waals surface area (Å²) in [4.78, 5) is 0. The molecule has 0 saturated carbocycles. The second kappa shape index (κ2) is 11.2. The van der Waals surface area contributed by atoms with Crippen molar-refractivity contribution in [2.24, 2.45) is 0 Å². The summed E-state index contributed by atoms with van der Waals surface area (Å²) < 4.78 is 33.5. The van der Waals surface area contributed by atoms with Gasteiger partial charge in [0.25, 0.3) is 0 Å². The van der Waals surface area contributed by atoms with Gasteiger partial charge in [-0.15, -0.1) is 0 Å². The minimum atomic E-state index is -2.66. The van der Waals surface area contributed by atoms with Crippen molar-refractivity contribution in [3.05, 3.63) is 0 Å². The van der Waals surface area contributed by atoms with Crippen molar-refractivity contribution in [3.8, 4) is 0 Å². The van der Waals surface area contributed by atoms with E-state index in [1.165, 1.54) is 0 Å². The SMILES string of the molecule is CCO[Si](OCC)(OCC)SCC[Si](OC)(OC)OC. The Balaban J connectivity index is 4.58. The maximum atomic E-state index is 5.78. The number of hydrogen-bond acceptors (Lipinski definition) is 7. The number of hydrogen-bond donors (Lipinski definition) is 0. The molecule has 0 aromatic heterocycles. The zero-order chi connectivity index (χ0) is 15.5. The fourth-order valence-electron chi connectivity index (χ4n) is 1.64. The molecular weight excluding hydrogens is 316 g/mol. The van der Waals surface area contributed by atoms with Crippen LogP contribution in [0.3, 0.4) is 0 Å². The highest BCUT2D eigenvalue weighted by molar-refractivity contribution is 8.26. The zero-order valence-electron chi connectivity index (χ0n) is 13.4.